The molecule has 8 nitrogen and oxygen atoms in total. The molecule has 1 saturated heterocycles. The zero-order valence-electron chi connectivity index (χ0n) is 20.6. The van der Waals surface area contributed by atoms with Gasteiger partial charge in [-0.1, -0.05) is 25.5 Å². The van der Waals surface area contributed by atoms with E-state index in [-0.39, 0.29) is 30.8 Å². The van der Waals surface area contributed by atoms with Crippen molar-refractivity contribution in [3.8, 4) is 0 Å². The molecule has 1 aliphatic rings. The standard InChI is InChI=1S/C26H37FN4O4/c1-2-3-11-28-26(33)30(13-5-12-29-14-17-34-18-15-29)21-25(32)31(20-24-6-4-16-35-24)19-22-7-9-23(27)10-8-22/h4,6-10,16H,2-3,5,11-15,17-21H2,1H3,(H,28,33). The minimum atomic E-state index is -0.326. The lowest BCUT2D eigenvalue weighted by molar-refractivity contribution is -0.133. The number of hydrogen-bond acceptors (Lipinski definition) is 5. The number of urea groups is 1. The van der Waals surface area contributed by atoms with Gasteiger partial charge in [-0.05, 0) is 42.7 Å². The number of ether oxygens (including phenoxy) is 1. The Labute approximate surface area is 207 Å². The summed E-state index contributed by atoms with van der Waals surface area (Å²) in [7, 11) is 0. The molecule has 0 radical (unpaired) electrons. The number of carbonyl (C=O) groups excluding carboxylic acids is 2. The molecule has 1 N–H and O–H groups in total. The van der Waals surface area contributed by atoms with Gasteiger partial charge < -0.3 is 24.3 Å². The average molecular weight is 489 g/mol. The predicted molar refractivity (Wildman–Crippen MR) is 131 cm³/mol. The second kappa shape index (κ2) is 14.5. The number of amides is 3. The van der Waals surface area contributed by atoms with Crippen LogP contribution >= 0.6 is 0 Å². The maximum Gasteiger partial charge on any atom is 0.317 e. The molecule has 0 bridgehead atoms. The van der Waals surface area contributed by atoms with E-state index in [9.17, 15) is 14.0 Å². The molecule has 192 valence electrons. The fourth-order valence-corrected chi connectivity index (χ4v) is 3.94. The van der Waals surface area contributed by atoms with Crippen LogP contribution < -0.4 is 5.32 Å². The number of hydrogen-bond donors (Lipinski definition) is 1. The molecule has 0 unspecified atom stereocenters. The first-order valence-electron chi connectivity index (χ1n) is 12.4. The van der Waals surface area contributed by atoms with Crippen molar-refractivity contribution in [1.82, 2.24) is 20.0 Å². The maximum atomic E-state index is 13.4. The molecule has 2 heterocycles. The Balaban J connectivity index is 1.65. The molecule has 3 rings (SSSR count). The van der Waals surface area contributed by atoms with E-state index in [1.807, 2.05) is 6.07 Å². The number of furan rings is 1. The highest BCUT2D eigenvalue weighted by molar-refractivity contribution is 5.84. The van der Waals surface area contributed by atoms with Crippen molar-refractivity contribution in [3.63, 3.8) is 0 Å². The summed E-state index contributed by atoms with van der Waals surface area (Å²) in [4.78, 5) is 31.9. The molecule has 1 aromatic carbocycles. The monoisotopic (exact) mass is 488 g/mol. The molecule has 1 aliphatic heterocycles. The molecule has 0 aliphatic carbocycles. The van der Waals surface area contributed by atoms with Crippen molar-refractivity contribution in [2.24, 2.45) is 0 Å². The number of nitrogens with zero attached hydrogens (tertiary/aromatic N) is 3. The molecular weight excluding hydrogens is 451 g/mol. The van der Waals surface area contributed by atoms with Crippen LogP contribution in [0.25, 0.3) is 0 Å². The van der Waals surface area contributed by atoms with E-state index in [1.165, 1.54) is 12.1 Å². The van der Waals surface area contributed by atoms with Gasteiger partial charge in [-0.25, -0.2) is 9.18 Å². The third-order valence-corrected chi connectivity index (χ3v) is 5.99. The summed E-state index contributed by atoms with van der Waals surface area (Å²) in [6.45, 7) is 7.72. The molecular formula is C26H37FN4O4. The Morgan fingerprint density at radius 2 is 1.83 bits per heavy atom. The van der Waals surface area contributed by atoms with Gasteiger partial charge in [0.25, 0.3) is 0 Å². The summed E-state index contributed by atoms with van der Waals surface area (Å²) in [5.74, 6) is 0.127. The van der Waals surface area contributed by atoms with Gasteiger partial charge in [0.15, 0.2) is 0 Å². The van der Waals surface area contributed by atoms with E-state index in [2.05, 4.69) is 17.1 Å². The summed E-state index contributed by atoms with van der Waals surface area (Å²) < 4.78 is 24.2. The number of carbonyl (C=O) groups is 2. The zero-order chi connectivity index (χ0) is 24.9. The molecule has 2 aromatic rings. The maximum absolute atomic E-state index is 13.4. The van der Waals surface area contributed by atoms with E-state index >= 15 is 0 Å². The van der Waals surface area contributed by atoms with E-state index < -0.39 is 0 Å². The van der Waals surface area contributed by atoms with Crippen molar-refractivity contribution >= 4 is 11.9 Å². The van der Waals surface area contributed by atoms with Crippen molar-refractivity contribution in [2.75, 3.05) is 52.5 Å². The quantitative estimate of drug-likeness (QED) is 0.437. The van der Waals surface area contributed by atoms with Crippen LogP contribution in [-0.4, -0.2) is 79.1 Å². The van der Waals surface area contributed by atoms with Crippen molar-refractivity contribution < 1.29 is 23.1 Å². The van der Waals surface area contributed by atoms with Crippen LogP contribution in [0.15, 0.2) is 47.1 Å². The molecule has 0 saturated carbocycles. The Bertz CT molecular complexity index is 885. The topological polar surface area (TPSA) is 78.3 Å². The van der Waals surface area contributed by atoms with Gasteiger partial charge in [-0.15, -0.1) is 0 Å². The van der Waals surface area contributed by atoms with Crippen LogP contribution in [0, 0.1) is 5.82 Å². The fourth-order valence-electron chi connectivity index (χ4n) is 3.94. The SMILES string of the molecule is CCCCNC(=O)N(CCCN1CCOCC1)CC(=O)N(Cc1ccc(F)cc1)Cc1ccco1. The largest absolute Gasteiger partial charge is 0.467 e. The first-order valence-corrected chi connectivity index (χ1v) is 12.4. The Hall–Kier alpha value is -2.91. The Morgan fingerprint density at radius 3 is 2.51 bits per heavy atom. The molecule has 35 heavy (non-hydrogen) atoms. The summed E-state index contributed by atoms with van der Waals surface area (Å²) in [5, 5.41) is 2.94. The van der Waals surface area contributed by atoms with Gasteiger partial charge in [-0.3, -0.25) is 9.69 Å². The predicted octanol–water partition coefficient (Wildman–Crippen LogP) is 3.48. The Kier molecular flexibility index (Phi) is 11.0. The number of halogens is 1. The normalized spacial score (nSPS) is 14.0. The zero-order valence-corrected chi connectivity index (χ0v) is 20.6. The number of nitrogens with one attached hydrogen (secondary N) is 1. The summed E-state index contributed by atoms with van der Waals surface area (Å²) in [5.41, 5.74) is 0.803. The van der Waals surface area contributed by atoms with Crippen LogP contribution in [-0.2, 0) is 22.6 Å². The fraction of sp³-hybridized carbons (Fsp3) is 0.538. The minimum Gasteiger partial charge on any atom is -0.467 e. The average Bonchev–Trinajstić information content (AvgIpc) is 3.38. The number of rotatable bonds is 13. The molecule has 1 aromatic heterocycles. The molecule has 9 heteroatoms. The number of morpholine rings is 1. The molecule has 3 amide bonds. The van der Waals surface area contributed by atoms with E-state index in [1.54, 1.807) is 34.3 Å². The van der Waals surface area contributed by atoms with Crippen LogP contribution in [0.1, 0.15) is 37.5 Å². The highest BCUT2D eigenvalue weighted by atomic mass is 19.1. The van der Waals surface area contributed by atoms with Crippen LogP contribution in [0.3, 0.4) is 0 Å². The van der Waals surface area contributed by atoms with Gasteiger partial charge >= 0.3 is 6.03 Å². The van der Waals surface area contributed by atoms with Crippen molar-refractivity contribution in [3.05, 3.63) is 59.8 Å². The van der Waals surface area contributed by atoms with Crippen LogP contribution in [0.5, 0.6) is 0 Å². The third-order valence-electron chi connectivity index (χ3n) is 5.99. The first-order chi connectivity index (χ1) is 17.0. The first kappa shape index (κ1) is 26.7. The number of benzene rings is 1. The lowest BCUT2D eigenvalue weighted by atomic mass is 10.2. The lowest BCUT2D eigenvalue weighted by Crippen LogP contribution is -2.47. The summed E-state index contributed by atoms with van der Waals surface area (Å²) in [6.07, 6.45) is 4.20. The van der Waals surface area contributed by atoms with E-state index in [0.717, 1.165) is 57.7 Å². The van der Waals surface area contributed by atoms with Gasteiger partial charge in [0.2, 0.25) is 5.91 Å². The molecule has 0 spiro atoms. The van der Waals surface area contributed by atoms with Crippen molar-refractivity contribution in [1.29, 1.82) is 0 Å². The molecule has 1 fully saturated rings. The summed E-state index contributed by atoms with van der Waals surface area (Å²) in [6, 6.07) is 9.43. The van der Waals surface area contributed by atoms with Crippen molar-refractivity contribution in [2.45, 2.75) is 39.3 Å². The smallest absolute Gasteiger partial charge is 0.317 e. The number of unbranched alkanes of at least 4 members (excludes halogenated alkanes) is 1. The van der Waals surface area contributed by atoms with Gasteiger partial charge in [0.1, 0.15) is 18.1 Å². The highest BCUT2D eigenvalue weighted by Gasteiger charge is 2.23. The van der Waals surface area contributed by atoms with Gasteiger partial charge in [-0.2, -0.15) is 0 Å². The van der Waals surface area contributed by atoms with Crippen LogP contribution in [0.2, 0.25) is 0 Å². The van der Waals surface area contributed by atoms with E-state index in [4.69, 9.17) is 9.15 Å². The molecule has 0 atom stereocenters. The summed E-state index contributed by atoms with van der Waals surface area (Å²) >= 11 is 0. The second-order valence-electron chi connectivity index (χ2n) is 8.77. The lowest BCUT2D eigenvalue weighted by Gasteiger charge is -2.30. The second-order valence-corrected chi connectivity index (χ2v) is 8.77. The Morgan fingerprint density at radius 1 is 1.06 bits per heavy atom. The van der Waals surface area contributed by atoms with Gasteiger partial charge in [0.05, 0.1) is 26.0 Å². The van der Waals surface area contributed by atoms with Gasteiger partial charge in [0, 0.05) is 39.3 Å². The van der Waals surface area contributed by atoms with Crippen LogP contribution in [0.4, 0.5) is 9.18 Å². The third kappa shape index (κ3) is 9.33. The minimum absolute atomic E-state index is 0.0387. The highest BCUT2D eigenvalue weighted by Crippen LogP contribution is 2.13. The van der Waals surface area contributed by atoms with E-state index in [0.29, 0.717) is 25.4 Å².